The van der Waals surface area contributed by atoms with Crippen molar-refractivity contribution in [1.82, 2.24) is 9.80 Å². The van der Waals surface area contributed by atoms with Gasteiger partial charge in [0.15, 0.2) is 0 Å². The molecule has 7 heteroatoms. The fourth-order valence-corrected chi connectivity index (χ4v) is 3.36. The maximum Gasteiger partial charge on any atom is 0.257 e. The Balaban J connectivity index is 1.59. The van der Waals surface area contributed by atoms with Crippen LogP contribution in [0.25, 0.3) is 0 Å². The average Bonchev–Trinajstić information content (AvgIpc) is 2.88. The summed E-state index contributed by atoms with van der Waals surface area (Å²) >= 11 is 12.1. The van der Waals surface area contributed by atoms with Crippen molar-refractivity contribution in [2.75, 3.05) is 26.2 Å². The predicted octanol–water partition coefficient (Wildman–Crippen LogP) is 2.15. The number of hydrogen-bond donors (Lipinski definition) is 0. The number of hydrogen-bond acceptors (Lipinski definition) is 3. The minimum absolute atomic E-state index is 0.0251. The number of halogens is 2. The van der Waals surface area contributed by atoms with Crippen molar-refractivity contribution in [3.8, 4) is 0 Å². The summed E-state index contributed by atoms with van der Waals surface area (Å²) in [7, 11) is 0. The van der Waals surface area contributed by atoms with Gasteiger partial charge in [0.05, 0.1) is 17.2 Å². The molecule has 0 spiro atoms. The van der Waals surface area contributed by atoms with E-state index in [9.17, 15) is 9.59 Å². The molecular weight excluding hydrogens is 315 g/mol. The maximum absolute atomic E-state index is 12.4. The van der Waals surface area contributed by atoms with E-state index in [0.717, 1.165) is 0 Å². The number of alkyl halides is 2. The highest BCUT2D eigenvalue weighted by atomic mass is 35.5. The van der Waals surface area contributed by atoms with Gasteiger partial charge < -0.3 is 14.2 Å². The van der Waals surface area contributed by atoms with Crippen LogP contribution in [-0.2, 0) is 4.79 Å². The summed E-state index contributed by atoms with van der Waals surface area (Å²) in [6.45, 7) is 3.80. The van der Waals surface area contributed by atoms with Crippen LogP contribution in [0.15, 0.2) is 23.0 Å². The molecule has 2 fully saturated rings. The van der Waals surface area contributed by atoms with Crippen LogP contribution >= 0.6 is 23.2 Å². The monoisotopic (exact) mass is 330 g/mol. The molecule has 5 nitrogen and oxygen atoms in total. The van der Waals surface area contributed by atoms with Gasteiger partial charge >= 0.3 is 0 Å². The minimum atomic E-state index is -0.951. The normalized spacial score (nSPS) is 27.6. The fourth-order valence-electron chi connectivity index (χ4n) is 2.66. The SMILES string of the molecule is CC1(C(=O)N2CCN(C(=O)c3ccoc3)CC2)CC1(Cl)Cl. The standard InChI is InChI=1S/C14H16Cl2N2O3/c1-13(9-14(13,15)16)12(20)18-5-3-17(4-6-18)11(19)10-2-7-21-8-10/h2,7-8H,3-6,9H2,1H3. The molecular formula is C14H16Cl2N2O3. The second kappa shape index (κ2) is 4.92. The third kappa shape index (κ3) is 2.42. The fraction of sp³-hybridized carbons (Fsp3) is 0.571. The number of rotatable bonds is 2. The zero-order valence-corrected chi connectivity index (χ0v) is 13.2. The summed E-state index contributed by atoms with van der Waals surface area (Å²) in [6, 6.07) is 1.64. The molecule has 0 bridgehead atoms. The summed E-state index contributed by atoms with van der Waals surface area (Å²) in [5.41, 5.74) is -0.156. The summed E-state index contributed by atoms with van der Waals surface area (Å²) < 4.78 is 3.97. The van der Waals surface area contributed by atoms with Crippen LogP contribution in [0.3, 0.4) is 0 Å². The smallest absolute Gasteiger partial charge is 0.257 e. The molecule has 1 unspecified atom stereocenters. The Hall–Kier alpha value is -1.20. The third-order valence-corrected chi connectivity index (χ3v) is 5.45. The van der Waals surface area contributed by atoms with Gasteiger partial charge in [-0.05, 0) is 19.4 Å². The van der Waals surface area contributed by atoms with Gasteiger partial charge in [0.2, 0.25) is 5.91 Å². The van der Waals surface area contributed by atoms with Crippen molar-refractivity contribution in [3.05, 3.63) is 24.2 Å². The van der Waals surface area contributed by atoms with E-state index in [1.54, 1.807) is 22.8 Å². The summed E-state index contributed by atoms with van der Waals surface area (Å²) in [5.74, 6) is -0.0968. The topological polar surface area (TPSA) is 53.8 Å². The van der Waals surface area contributed by atoms with E-state index in [2.05, 4.69) is 0 Å². The highest BCUT2D eigenvalue weighted by Gasteiger charge is 2.68. The molecule has 2 heterocycles. The van der Waals surface area contributed by atoms with Crippen LogP contribution in [0, 0.1) is 5.41 Å². The van der Waals surface area contributed by atoms with E-state index in [1.165, 1.54) is 12.5 Å². The van der Waals surface area contributed by atoms with Crippen LogP contribution in [0.1, 0.15) is 23.7 Å². The van der Waals surface area contributed by atoms with Gasteiger partial charge in [0.25, 0.3) is 5.91 Å². The molecule has 3 rings (SSSR count). The van der Waals surface area contributed by atoms with Gasteiger partial charge in [-0.3, -0.25) is 9.59 Å². The lowest BCUT2D eigenvalue weighted by molar-refractivity contribution is -0.137. The van der Waals surface area contributed by atoms with E-state index in [0.29, 0.717) is 38.2 Å². The number of amides is 2. The Morgan fingerprint density at radius 2 is 1.76 bits per heavy atom. The van der Waals surface area contributed by atoms with E-state index < -0.39 is 9.75 Å². The first-order valence-electron chi connectivity index (χ1n) is 6.84. The molecule has 1 aromatic rings. The average molecular weight is 331 g/mol. The second-order valence-electron chi connectivity index (χ2n) is 5.81. The number of carbonyl (C=O) groups excluding carboxylic acids is 2. The van der Waals surface area contributed by atoms with E-state index in [1.807, 2.05) is 0 Å². The third-order valence-electron chi connectivity index (χ3n) is 4.35. The van der Waals surface area contributed by atoms with Gasteiger partial charge in [-0.15, -0.1) is 23.2 Å². The van der Waals surface area contributed by atoms with Crippen molar-refractivity contribution < 1.29 is 14.0 Å². The van der Waals surface area contributed by atoms with Crippen LogP contribution in [0.2, 0.25) is 0 Å². The van der Waals surface area contributed by atoms with E-state index in [-0.39, 0.29) is 11.8 Å². The Kier molecular flexibility index (Phi) is 3.45. The molecule has 114 valence electrons. The molecule has 0 radical (unpaired) electrons. The van der Waals surface area contributed by atoms with Crippen molar-refractivity contribution in [2.24, 2.45) is 5.41 Å². The zero-order chi connectivity index (χ0) is 15.3. The predicted molar refractivity (Wildman–Crippen MR) is 78.4 cm³/mol. The largest absolute Gasteiger partial charge is 0.472 e. The lowest BCUT2D eigenvalue weighted by atomic mass is 10.1. The molecule has 21 heavy (non-hydrogen) atoms. The lowest BCUT2D eigenvalue weighted by Crippen LogP contribution is -2.52. The van der Waals surface area contributed by atoms with Crippen molar-refractivity contribution in [1.29, 1.82) is 0 Å². The highest BCUT2D eigenvalue weighted by Crippen LogP contribution is 2.64. The molecule has 1 aromatic heterocycles. The Bertz CT molecular complexity index is 565. The highest BCUT2D eigenvalue weighted by molar-refractivity contribution is 6.53. The minimum Gasteiger partial charge on any atom is -0.472 e. The van der Waals surface area contributed by atoms with Gasteiger partial charge in [0, 0.05) is 26.2 Å². The van der Waals surface area contributed by atoms with Gasteiger partial charge in [0.1, 0.15) is 10.6 Å². The van der Waals surface area contributed by atoms with Crippen LogP contribution in [0.5, 0.6) is 0 Å². The Morgan fingerprint density at radius 3 is 2.24 bits per heavy atom. The second-order valence-corrected chi connectivity index (χ2v) is 7.29. The number of furan rings is 1. The van der Waals surface area contributed by atoms with Crippen molar-refractivity contribution in [2.45, 2.75) is 17.7 Å². The van der Waals surface area contributed by atoms with Crippen molar-refractivity contribution >= 4 is 35.0 Å². The van der Waals surface area contributed by atoms with Crippen molar-refractivity contribution in [3.63, 3.8) is 0 Å². The summed E-state index contributed by atoms with van der Waals surface area (Å²) in [4.78, 5) is 28.1. The first-order valence-corrected chi connectivity index (χ1v) is 7.59. The van der Waals surface area contributed by atoms with E-state index >= 15 is 0 Å². The number of piperazine rings is 1. The summed E-state index contributed by atoms with van der Waals surface area (Å²) in [5, 5.41) is 0. The molecule has 1 aliphatic carbocycles. The molecule has 0 aromatic carbocycles. The quantitative estimate of drug-likeness (QED) is 0.781. The van der Waals surface area contributed by atoms with Gasteiger partial charge in [-0.25, -0.2) is 0 Å². The molecule has 2 amide bonds. The Morgan fingerprint density at radius 1 is 1.19 bits per heavy atom. The molecule has 1 saturated carbocycles. The molecule has 0 N–H and O–H groups in total. The Labute approximate surface area is 132 Å². The summed E-state index contributed by atoms with van der Waals surface area (Å²) in [6.07, 6.45) is 3.39. The maximum atomic E-state index is 12.4. The van der Waals surface area contributed by atoms with Crippen LogP contribution in [-0.4, -0.2) is 52.1 Å². The van der Waals surface area contributed by atoms with Crippen LogP contribution < -0.4 is 0 Å². The van der Waals surface area contributed by atoms with Gasteiger partial charge in [-0.2, -0.15) is 0 Å². The van der Waals surface area contributed by atoms with Crippen LogP contribution in [0.4, 0.5) is 0 Å². The molecule has 1 saturated heterocycles. The number of nitrogens with zero attached hydrogens (tertiary/aromatic N) is 2. The number of carbonyl (C=O) groups is 2. The molecule has 1 atom stereocenters. The molecule has 2 aliphatic rings. The lowest BCUT2D eigenvalue weighted by Gasteiger charge is -2.36. The first-order chi connectivity index (χ1) is 9.85. The van der Waals surface area contributed by atoms with E-state index in [4.69, 9.17) is 27.6 Å². The van der Waals surface area contributed by atoms with Gasteiger partial charge in [-0.1, -0.05) is 0 Å². The molecule has 1 aliphatic heterocycles. The zero-order valence-electron chi connectivity index (χ0n) is 11.6. The first kappa shape index (κ1) is 14.7.